The van der Waals surface area contributed by atoms with Gasteiger partial charge in [0.2, 0.25) is 0 Å². The van der Waals surface area contributed by atoms with Crippen molar-refractivity contribution in [2.24, 2.45) is 0 Å². The van der Waals surface area contributed by atoms with Gasteiger partial charge in [-0.2, -0.15) is 0 Å². The Morgan fingerprint density at radius 3 is 2.68 bits per heavy atom. The van der Waals surface area contributed by atoms with Crippen LogP contribution in [-0.4, -0.2) is 20.9 Å². The summed E-state index contributed by atoms with van der Waals surface area (Å²) >= 11 is 0. The van der Waals surface area contributed by atoms with Gasteiger partial charge in [-0.3, -0.25) is 4.79 Å². The van der Waals surface area contributed by atoms with Crippen LogP contribution in [0.15, 0.2) is 48.4 Å². The standard InChI is InChI=1S/C15H12N2O2/c18-9-11-6-7-13-12(14(11)19)8-16-15(17-13)10-4-2-1-3-5-10/h1-5,8-9,18H,6-7H2/b11-9+. The monoisotopic (exact) mass is 252 g/mol. The summed E-state index contributed by atoms with van der Waals surface area (Å²) in [4.78, 5) is 20.7. The van der Waals surface area contributed by atoms with Crippen LogP contribution in [0.4, 0.5) is 0 Å². The van der Waals surface area contributed by atoms with E-state index < -0.39 is 0 Å². The minimum absolute atomic E-state index is 0.177. The maximum atomic E-state index is 12.0. The molecule has 0 fully saturated rings. The number of benzene rings is 1. The van der Waals surface area contributed by atoms with Crippen LogP contribution in [0.25, 0.3) is 11.4 Å². The average molecular weight is 252 g/mol. The van der Waals surface area contributed by atoms with Crippen molar-refractivity contribution in [3.8, 4) is 11.4 Å². The third-order valence-corrected chi connectivity index (χ3v) is 3.22. The van der Waals surface area contributed by atoms with Crippen molar-refractivity contribution in [2.75, 3.05) is 0 Å². The number of aliphatic hydroxyl groups is 1. The summed E-state index contributed by atoms with van der Waals surface area (Å²) in [6.45, 7) is 0. The fourth-order valence-corrected chi connectivity index (χ4v) is 2.19. The second kappa shape index (κ2) is 4.65. The summed E-state index contributed by atoms with van der Waals surface area (Å²) in [5.41, 5.74) is 2.60. The zero-order valence-electron chi connectivity index (χ0n) is 10.2. The summed E-state index contributed by atoms with van der Waals surface area (Å²) in [6, 6.07) is 9.66. The van der Waals surface area contributed by atoms with Gasteiger partial charge in [-0.15, -0.1) is 0 Å². The molecule has 0 radical (unpaired) electrons. The minimum Gasteiger partial charge on any atom is -0.515 e. The summed E-state index contributed by atoms with van der Waals surface area (Å²) in [5, 5.41) is 9.00. The molecular weight excluding hydrogens is 240 g/mol. The van der Waals surface area contributed by atoms with Crippen molar-refractivity contribution in [1.29, 1.82) is 0 Å². The minimum atomic E-state index is -0.177. The number of nitrogens with zero attached hydrogens (tertiary/aromatic N) is 2. The number of aryl methyl sites for hydroxylation is 1. The number of ketones is 1. The SMILES string of the molecule is O=C1/C(=C/O)CCc2nc(-c3ccccc3)ncc21. The summed E-state index contributed by atoms with van der Waals surface area (Å²) in [7, 11) is 0. The second-order valence-electron chi connectivity index (χ2n) is 4.40. The molecule has 0 aliphatic heterocycles. The van der Waals surface area contributed by atoms with Crippen molar-refractivity contribution in [3.63, 3.8) is 0 Å². The van der Waals surface area contributed by atoms with Gasteiger partial charge < -0.3 is 5.11 Å². The molecule has 19 heavy (non-hydrogen) atoms. The number of carbonyl (C=O) groups excluding carboxylic acids is 1. The van der Waals surface area contributed by atoms with E-state index in [2.05, 4.69) is 9.97 Å². The Bertz CT molecular complexity index is 663. The van der Waals surface area contributed by atoms with Crippen LogP contribution in [0.2, 0.25) is 0 Å². The zero-order chi connectivity index (χ0) is 13.2. The van der Waals surface area contributed by atoms with E-state index in [-0.39, 0.29) is 5.78 Å². The molecule has 1 aliphatic rings. The maximum Gasteiger partial charge on any atom is 0.195 e. The van der Waals surface area contributed by atoms with E-state index in [1.54, 1.807) is 6.20 Å². The maximum absolute atomic E-state index is 12.0. The Hall–Kier alpha value is -2.49. The molecule has 4 nitrogen and oxygen atoms in total. The summed E-state index contributed by atoms with van der Waals surface area (Å²) in [6.07, 6.45) is 3.61. The van der Waals surface area contributed by atoms with E-state index in [4.69, 9.17) is 5.11 Å². The van der Waals surface area contributed by atoms with Crippen LogP contribution >= 0.6 is 0 Å². The quantitative estimate of drug-likeness (QED) is 0.626. The van der Waals surface area contributed by atoms with Crippen LogP contribution in [0.5, 0.6) is 0 Å². The molecule has 1 aromatic carbocycles. The average Bonchev–Trinajstić information content (AvgIpc) is 2.48. The van der Waals surface area contributed by atoms with Crippen LogP contribution < -0.4 is 0 Å². The lowest BCUT2D eigenvalue weighted by atomic mass is 9.92. The first kappa shape index (κ1) is 11.6. The first-order valence-corrected chi connectivity index (χ1v) is 6.09. The fourth-order valence-electron chi connectivity index (χ4n) is 2.19. The molecule has 94 valence electrons. The second-order valence-corrected chi connectivity index (χ2v) is 4.40. The molecule has 0 saturated heterocycles. The number of hydrogen-bond acceptors (Lipinski definition) is 4. The van der Waals surface area contributed by atoms with Crippen LogP contribution in [0, 0.1) is 0 Å². The van der Waals surface area contributed by atoms with Gasteiger partial charge in [0.1, 0.15) is 0 Å². The van der Waals surface area contributed by atoms with E-state index in [0.717, 1.165) is 17.5 Å². The molecule has 1 aromatic heterocycles. The third-order valence-electron chi connectivity index (χ3n) is 3.22. The largest absolute Gasteiger partial charge is 0.515 e. The topological polar surface area (TPSA) is 63.1 Å². The smallest absolute Gasteiger partial charge is 0.195 e. The molecule has 0 bridgehead atoms. The van der Waals surface area contributed by atoms with E-state index in [1.165, 1.54) is 0 Å². The van der Waals surface area contributed by atoms with E-state index in [0.29, 0.717) is 29.8 Å². The highest BCUT2D eigenvalue weighted by molar-refractivity contribution is 6.10. The van der Waals surface area contributed by atoms with Crippen molar-refractivity contribution in [2.45, 2.75) is 12.8 Å². The van der Waals surface area contributed by atoms with Crippen LogP contribution in [-0.2, 0) is 6.42 Å². The number of rotatable bonds is 1. The van der Waals surface area contributed by atoms with E-state index in [9.17, 15) is 4.79 Å². The highest BCUT2D eigenvalue weighted by Crippen LogP contribution is 2.25. The van der Waals surface area contributed by atoms with E-state index >= 15 is 0 Å². The Kier molecular flexibility index (Phi) is 2.83. The molecule has 0 saturated carbocycles. The normalized spacial score (nSPS) is 16.4. The number of hydrogen-bond donors (Lipinski definition) is 1. The highest BCUT2D eigenvalue weighted by Gasteiger charge is 2.24. The number of aliphatic hydroxyl groups excluding tert-OH is 1. The van der Waals surface area contributed by atoms with E-state index in [1.807, 2.05) is 30.3 Å². The Morgan fingerprint density at radius 2 is 1.95 bits per heavy atom. The van der Waals surface area contributed by atoms with Gasteiger partial charge in [-0.05, 0) is 12.8 Å². The molecule has 0 amide bonds. The van der Waals surface area contributed by atoms with Crippen LogP contribution in [0.1, 0.15) is 22.5 Å². The molecule has 1 aliphatic carbocycles. The van der Waals surface area contributed by atoms with Gasteiger partial charge in [0.15, 0.2) is 11.6 Å². The number of allylic oxidation sites excluding steroid dienone is 1. The fraction of sp³-hybridized carbons (Fsp3) is 0.133. The predicted molar refractivity (Wildman–Crippen MR) is 70.8 cm³/mol. The molecule has 1 heterocycles. The van der Waals surface area contributed by atoms with Gasteiger partial charge >= 0.3 is 0 Å². The van der Waals surface area contributed by atoms with Gasteiger partial charge in [0.25, 0.3) is 0 Å². The Morgan fingerprint density at radius 1 is 1.16 bits per heavy atom. The van der Waals surface area contributed by atoms with Crippen molar-refractivity contribution >= 4 is 5.78 Å². The molecule has 4 heteroatoms. The predicted octanol–water partition coefficient (Wildman–Crippen LogP) is 2.71. The molecule has 0 spiro atoms. The number of aromatic nitrogens is 2. The molecule has 1 N–H and O–H groups in total. The molecule has 0 atom stereocenters. The number of Topliss-reactive ketones (excluding diaryl/α,β-unsaturated/α-hetero) is 1. The van der Waals surface area contributed by atoms with Gasteiger partial charge in [-0.25, -0.2) is 9.97 Å². The number of fused-ring (bicyclic) bond motifs is 1. The van der Waals surface area contributed by atoms with Gasteiger partial charge in [0, 0.05) is 17.3 Å². The summed E-state index contributed by atoms with van der Waals surface area (Å²) in [5.74, 6) is 0.451. The summed E-state index contributed by atoms with van der Waals surface area (Å²) < 4.78 is 0. The Labute approximate surface area is 110 Å². The van der Waals surface area contributed by atoms with Crippen LogP contribution in [0.3, 0.4) is 0 Å². The van der Waals surface area contributed by atoms with Crippen molar-refractivity contribution in [3.05, 3.63) is 59.6 Å². The first-order valence-electron chi connectivity index (χ1n) is 6.09. The lowest BCUT2D eigenvalue weighted by molar-refractivity contribution is 0.102. The highest BCUT2D eigenvalue weighted by atomic mass is 16.2. The zero-order valence-corrected chi connectivity index (χ0v) is 10.2. The van der Waals surface area contributed by atoms with Crippen molar-refractivity contribution < 1.29 is 9.90 Å². The molecule has 0 unspecified atom stereocenters. The Balaban J connectivity index is 2.05. The first-order chi connectivity index (χ1) is 9.29. The molecular formula is C15H12N2O2. The lowest BCUT2D eigenvalue weighted by Crippen LogP contribution is -2.16. The molecule has 2 aromatic rings. The van der Waals surface area contributed by atoms with Gasteiger partial charge in [0.05, 0.1) is 17.5 Å². The third kappa shape index (κ3) is 2.01. The van der Waals surface area contributed by atoms with Gasteiger partial charge in [-0.1, -0.05) is 30.3 Å². The lowest BCUT2D eigenvalue weighted by Gasteiger charge is -2.15. The number of carbonyl (C=O) groups is 1. The molecule has 3 rings (SSSR count). The van der Waals surface area contributed by atoms with Crippen molar-refractivity contribution in [1.82, 2.24) is 9.97 Å².